The van der Waals surface area contributed by atoms with Crippen LogP contribution in [0.2, 0.25) is 0 Å². The van der Waals surface area contributed by atoms with E-state index in [2.05, 4.69) is 141 Å². The zero-order valence-corrected chi connectivity index (χ0v) is 30.7. The van der Waals surface area contributed by atoms with Gasteiger partial charge in [0.05, 0.1) is 54.5 Å². The Bertz CT molecular complexity index is 3370. The average molecular weight is 739 g/mol. The molecule has 0 fully saturated rings. The second-order valence-electron chi connectivity index (χ2n) is 14.1. The van der Waals surface area contributed by atoms with Crippen LogP contribution >= 0.6 is 0 Å². The van der Waals surface area contributed by atoms with Gasteiger partial charge in [-0.05, 0) is 103 Å². The molecule has 264 valence electrons. The van der Waals surface area contributed by atoms with Gasteiger partial charge in [0, 0.05) is 49.4 Å². The van der Waals surface area contributed by atoms with Crippen LogP contribution in [0.25, 0.3) is 82.5 Å². The smallest absolute Gasteiger partial charge is 0.206 e. The van der Waals surface area contributed by atoms with E-state index >= 15 is 0 Å². The fraction of sp³-hybridized carbons (Fsp3) is 0. The van der Waals surface area contributed by atoms with Crippen LogP contribution in [0.4, 0.5) is 0 Å². The zero-order chi connectivity index (χ0) is 37.5. The van der Waals surface area contributed by atoms with E-state index in [1.54, 1.807) is 24.3 Å². The van der Waals surface area contributed by atoms with Gasteiger partial charge < -0.3 is 13.7 Å². The van der Waals surface area contributed by atoms with Crippen LogP contribution in [0.3, 0.4) is 0 Å². The standard InChI is InChI=1S/C49H30N4O2S/c50-31-32-12-11-17-37(26-32)56(54,55)36-24-22-35(23-25-36)53-48-29-46-40(38-18-7-9-20-44(38)51(46)33-13-3-1-4-14-33)27-42(48)43-28-41-39-19-8-10-21-45(39)52(47(41)30-49(43)53)34-15-5-2-6-16-34/h1-30H. The zero-order valence-electron chi connectivity index (χ0n) is 29.8. The van der Waals surface area contributed by atoms with E-state index in [4.69, 9.17) is 0 Å². The van der Waals surface area contributed by atoms with Crippen molar-refractivity contribution in [3.63, 3.8) is 0 Å². The summed E-state index contributed by atoms with van der Waals surface area (Å²) in [7, 11) is -3.87. The third-order valence-electron chi connectivity index (χ3n) is 11.1. The second kappa shape index (κ2) is 12.1. The molecule has 0 spiro atoms. The minimum Gasteiger partial charge on any atom is -0.309 e. The lowest BCUT2D eigenvalue weighted by Gasteiger charge is -2.12. The Kier molecular flexibility index (Phi) is 6.90. The van der Waals surface area contributed by atoms with Crippen LogP contribution in [0.5, 0.6) is 0 Å². The Morgan fingerprint density at radius 1 is 0.357 bits per heavy atom. The number of aromatic nitrogens is 3. The highest BCUT2D eigenvalue weighted by Gasteiger charge is 2.23. The summed E-state index contributed by atoms with van der Waals surface area (Å²) >= 11 is 0. The summed E-state index contributed by atoms with van der Waals surface area (Å²) in [6.45, 7) is 0. The summed E-state index contributed by atoms with van der Waals surface area (Å²) in [6, 6.07) is 62.5. The van der Waals surface area contributed by atoms with E-state index in [0.29, 0.717) is 5.56 Å². The molecule has 0 radical (unpaired) electrons. The Hall–Kier alpha value is -7.40. The molecular weight excluding hydrogens is 709 g/mol. The van der Waals surface area contributed by atoms with Crippen LogP contribution in [-0.2, 0) is 9.84 Å². The van der Waals surface area contributed by atoms with Crippen LogP contribution in [0.15, 0.2) is 192 Å². The molecule has 8 aromatic carbocycles. The summed E-state index contributed by atoms with van der Waals surface area (Å²) in [6.07, 6.45) is 0. The Morgan fingerprint density at radius 2 is 0.786 bits per heavy atom. The molecule has 0 bridgehead atoms. The summed E-state index contributed by atoms with van der Waals surface area (Å²) in [5.74, 6) is 0. The number of benzene rings is 8. The second-order valence-corrected chi connectivity index (χ2v) is 16.1. The first-order chi connectivity index (χ1) is 27.5. The number of sulfone groups is 1. The van der Waals surface area contributed by atoms with Gasteiger partial charge >= 0.3 is 0 Å². The highest BCUT2D eigenvalue weighted by molar-refractivity contribution is 7.91. The normalized spacial score (nSPS) is 12.1. The third-order valence-corrected chi connectivity index (χ3v) is 12.8. The van der Waals surface area contributed by atoms with E-state index in [0.717, 1.165) is 71.7 Å². The Labute approximate surface area is 321 Å². The number of rotatable bonds is 5. The lowest BCUT2D eigenvalue weighted by atomic mass is 10.1. The van der Waals surface area contributed by atoms with E-state index in [-0.39, 0.29) is 9.79 Å². The largest absolute Gasteiger partial charge is 0.309 e. The van der Waals surface area contributed by atoms with Crippen molar-refractivity contribution in [2.45, 2.75) is 9.79 Å². The Morgan fingerprint density at radius 3 is 1.29 bits per heavy atom. The van der Waals surface area contributed by atoms with Crippen LogP contribution < -0.4 is 0 Å². The number of para-hydroxylation sites is 4. The van der Waals surface area contributed by atoms with Crippen molar-refractivity contribution in [3.05, 3.63) is 188 Å². The molecular formula is C49H30N4O2S. The maximum absolute atomic E-state index is 13.8. The molecule has 0 aliphatic rings. The molecule has 0 amide bonds. The maximum atomic E-state index is 13.8. The first-order valence-corrected chi connectivity index (χ1v) is 19.9. The predicted molar refractivity (Wildman–Crippen MR) is 226 cm³/mol. The molecule has 56 heavy (non-hydrogen) atoms. The number of hydrogen-bond donors (Lipinski definition) is 0. The van der Waals surface area contributed by atoms with E-state index in [1.165, 1.54) is 22.9 Å². The van der Waals surface area contributed by atoms with Crippen molar-refractivity contribution in [1.29, 1.82) is 5.26 Å². The van der Waals surface area contributed by atoms with Crippen molar-refractivity contribution in [2.75, 3.05) is 0 Å². The quantitative estimate of drug-likeness (QED) is 0.176. The Balaban J connectivity index is 1.25. The molecule has 0 unspecified atom stereocenters. The van der Waals surface area contributed by atoms with Gasteiger partial charge in [0.25, 0.3) is 0 Å². The average Bonchev–Trinajstić information content (AvgIpc) is 3.87. The van der Waals surface area contributed by atoms with Gasteiger partial charge in [0.2, 0.25) is 9.84 Å². The van der Waals surface area contributed by atoms with E-state index in [1.807, 2.05) is 24.3 Å². The number of nitriles is 1. The SMILES string of the molecule is N#Cc1cccc(S(=O)(=O)c2ccc(-n3c4cc5c(cc4c4cc6c7ccccc7n(-c7ccccc7)c6cc43)c3ccccc3n5-c3ccccc3)cc2)c1. The molecule has 3 heterocycles. The van der Waals surface area contributed by atoms with Crippen molar-refractivity contribution in [1.82, 2.24) is 13.7 Å². The topological polar surface area (TPSA) is 72.7 Å². The summed E-state index contributed by atoms with van der Waals surface area (Å²) in [4.78, 5) is 0.253. The van der Waals surface area contributed by atoms with Gasteiger partial charge in [-0.2, -0.15) is 5.26 Å². The minimum absolute atomic E-state index is 0.0911. The summed E-state index contributed by atoms with van der Waals surface area (Å²) in [5, 5.41) is 16.3. The first kappa shape index (κ1) is 32.1. The fourth-order valence-electron chi connectivity index (χ4n) is 8.57. The number of fused-ring (bicyclic) bond motifs is 9. The molecule has 0 aliphatic heterocycles. The van der Waals surface area contributed by atoms with Crippen LogP contribution in [-0.4, -0.2) is 22.1 Å². The molecule has 0 aliphatic carbocycles. The molecule has 11 rings (SSSR count). The van der Waals surface area contributed by atoms with Gasteiger partial charge in [-0.25, -0.2) is 8.42 Å². The maximum Gasteiger partial charge on any atom is 0.206 e. The van der Waals surface area contributed by atoms with Gasteiger partial charge in [0.1, 0.15) is 0 Å². The van der Waals surface area contributed by atoms with E-state index < -0.39 is 9.84 Å². The first-order valence-electron chi connectivity index (χ1n) is 18.4. The number of nitrogens with zero attached hydrogens (tertiary/aromatic N) is 4. The molecule has 0 saturated carbocycles. The summed E-state index contributed by atoms with van der Waals surface area (Å²) < 4.78 is 34.5. The number of hydrogen-bond acceptors (Lipinski definition) is 3. The molecule has 7 heteroatoms. The lowest BCUT2D eigenvalue weighted by Crippen LogP contribution is -2.03. The van der Waals surface area contributed by atoms with Gasteiger partial charge in [-0.1, -0.05) is 78.9 Å². The van der Waals surface area contributed by atoms with Crippen molar-refractivity contribution in [2.24, 2.45) is 0 Å². The molecule has 11 aromatic rings. The molecule has 0 saturated heterocycles. The minimum atomic E-state index is -3.87. The summed E-state index contributed by atoms with van der Waals surface area (Å²) in [5.41, 5.74) is 9.70. The lowest BCUT2D eigenvalue weighted by molar-refractivity contribution is 0.596. The molecule has 0 atom stereocenters. The monoisotopic (exact) mass is 738 g/mol. The van der Waals surface area contributed by atoms with Crippen molar-refractivity contribution < 1.29 is 8.42 Å². The molecule has 0 N–H and O–H groups in total. The van der Waals surface area contributed by atoms with Crippen molar-refractivity contribution >= 4 is 75.3 Å². The van der Waals surface area contributed by atoms with Gasteiger partial charge in [-0.3, -0.25) is 0 Å². The van der Waals surface area contributed by atoms with Crippen molar-refractivity contribution in [3.8, 4) is 23.1 Å². The molecule has 3 aromatic heterocycles. The predicted octanol–water partition coefficient (Wildman–Crippen LogP) is 11.7. The van der Waals surface area contributed by atoms with E-state index in [9.17, 15) is 13.7 Å². The third kappa shape index (κ3) is 4.63. The fourth-order valence-corrected chi connectivity index (χ4v) is 9.88. The van der Waals surface area contributed by atoms with Gasteiger partial charge in [-0.15, -0.1) is 0 Å². The van der Waals surface area contributed by atoms with Gasteiger partial charge in [0.15, 0.2) is 0 Å². The highest BCUT2D eigenvalue weighted by atomic mass is 32.2. The van der Waals surface area contributed by atoms with Crippen LogP contribution in [0, 0.1) is 11.3 Å². The molecule has 6 nitrogen and oxygen atoms in total. The van der Waals surface area contributed by atoms with Crippen LogP contribution in [0.1, 0.15) is 5.56 Å². The highest BCUT2D eigenvalue weighted by Crippen LogP contribution is 2.43.